The summed E-state index contributed by atoms with van der Waals surface area (Å²) in [6.45, 7) is 10.9. The number of aliphatic hydroxyl groups excluding tert-OH is 1. The van der Waals surface area contributed by atoms with Gasteiger partial charge in [-0.3, -0.25) is 9.58 Å². The zero-order valence-electron chi connectivity index (χ0n) is 14.4. The Kier molecular flexibility index (Phi) is 6.22. The summed E-state index contributed by atoms with van der Waals surface area (Å²) in [6.07, 6.45) is 0. The van der Waals surface area contributed by atoms with Gasteiger partial charge in [0.1, 0.15) is 0 Å². The van der Waals surface area contributed by atoms with Crippen molar-refractivity contribution in [1.82, 2.24) is 14.7 Å². The molecule has 0 aliphatic rings. The van der Waals surface area contributed by atoms with Crippen LogP contribution in [0.4, 0.5) is 0 Å². The first-order valence-corrected chi connectivity index (χ1v) is 8.42. The van der Waals surface area contributed by atoms with Crippen LogP contribution in [0.15, 0.2) is 24.3 Å². The van der Waals surface area contributed by atoms with Gasteiger partial charge >= 0.3 is 0 Å². The van der Waals surface area contributed by atoms with Crippen molar-refractivity contribution in [3.05, 3.63) is 51.8 Å². The normalized spacial score (nSPS) is 11.7. The van der Waals surface area contributed by atoms with E-state index in [0.29, 0.717) is 12.6 Å². The molecule has 5 heteroatoms. The largest absolute Gasteiger partial charge is 0.394 e. The maximum Gasteiger partial charge on any atom is 0.0644 e. The Morgan fingerprint density at radius 3 is 2.61 bits per heavy atom. The summed E-state index contributed by atoms with van der Waals surface area (Å²) >= 11 is 6.10. The molecule has 0 amide bonds. The van der Waals surface area contributed by atoms with Crippen molar-refractivity contribution in [1.29, 1.82) is 0 Å². The van der Waals surface area contributed by atoms with E-state index >= 15 is 0 Å². The molecule has 0 aliphatic heterocycles. The van der Waals surface area contributed by atoms with E-state index in [-0.39, 0.29) is 6.61 Å². The molecule has 0 fully saturated rings. The van der Waals surface area contributed by atoms with Crippen LogP contribution in [0, 0.1) is 13.8 Å². The third-order valence-corrected chi connectivity index (χ3v) is 4.44. The number of halogens is 1. The zero-order valence-corrected chi connectivity index (χ0v) is 15.1. The molecular weight excluding hydrogens is 310 g/mol. The highest BCUT2D eigenvalue weighted by molar-refractivity contribution is 6.30. The second-order valence-corrected chi connectivity index (χ2v) is 6.66. The maximum atomic E-state index is 9.15. The minimum Gasteiger partial charge on any atom is -0.394 e. The minimum absolute atomic E-state index is 0.109. The molecule has 1 aromatic carbocycles. The van der Waals surface area contributed by atoms with Gasteiger partial charge in [-0.05, 0) is 45.4 Å². The molecule has 0 saturated heterocycles. The number of aliphatic hydroxyl groups is 1. The highest BCUT2D eigenvalue weighted by atomic mass is 35.5. The first kappa shape index (κ1) is 18.0. The summed E-state index contributed by atoms with van der Waals surface area (Å²) in [7, 11) is 0. The van der Waals surface area contributed by atoms with Crippen molar-refractivity contribution in [3.8, 4) is 0 Å². The van der Waals surface area contributed by atoms with E-state index in [1.165, 1.54) is 11.1 Å². The molecule has 1 N–H and O–H groups in total. The van der Waals surface area contributed by atoms with Gasteiger partial charge in [0.25, 0.3) is 0 Å². The Morgan fingerprint density at radius 2 is 2.00 bits per heavy atom. The van der Waals surface area contributed by atoms with Gasteiger partial charge in [0.2, 0.25) is 0 Å². The molecular formula is C18H26ClN3O. The molecule has 0 saturated carbocycles. The van der Waals surface area contributed by atoms with Crippen LogP contribution >= 0.6 is 11.6 Å². The standard InChI is InChI=1S/C18H26ClN3O/c1-13(2)21(11-16-6-5-7-17(19)10-16)12-18-14(3)20-22(8-9-23)15(18)4/h5-7,10,13,23H,8-9,11-12H2,1-4H3. The quantitative estimate of drug-likeness (QED) is 0.841. The first-order valence-electron chi connectivity index (χ1n) is 8.04. The lowest BCUT2D eigenvalue weighted by molar-refractivity contribution is 0.202. The van der Waals surface area contributed by atoms with Crippen LogP contribution in [0.1, 0.15) is 36.4 Å². The van der Waals surface area contributed by atoms with Crippen LogP contribution in [0.2, 0.25) is 5.02 Å². The van der Waals surface area contributed by atoms with Crippen molar-refractivity contribution in [3.63, 3.8) is 0 Å². The monoisotopic (exact) mass is 335 g/mol. The second kappa shape index (κ2) is 7.95. The average Bonchev–Trinajstić information content (AvgIpc) is 2.74. The highest BCUT2D eigenvalue weighted by Crippen LogP contribution is 2.20. The van der Waals surface area contributed by atoms with E-state index in [4.69, 9.17) is 16.7 Å². The molecule has 0 aliphatic carbocycles. The van der Waals surface area contributed by atoms with Gasteiger partial charge in [0.15, 0.2) is 0 Å². The van der Waals surface area contributed by atoms with Gasteiger partial charge in [-0.25, -0.2) is 0 Å². The van der Waals surface area contributed by atoms with E-state index in [1.807, 2.05) is 29.8 Å². The molecule has 2 aromatic rings. The fourth-order valence-electron chi connectivity index (χ4n) is 2.77. The zero-order chi connectivity index (χ0) is 17.0. The SMILES string of the molecule is Cc1nn(CCO)c(C)c1CN(Cc1cccc(Cl)c1)C(C)C. The molecule has 23 heavy (non-hydrogen) atoms. The predicted molar refractivity (Wildman–Crippen MR) is 94.6 cm³/mol. The summed E-state index contributed by atoms with van der Waals surface area (Å²) in [5.41, 5.74) is 4.62. The van der Waals surface area contributed by atoms with E-state index in [1.54, 1.807) is 0 Å². The van der Waals surface area contributed by atoms with E-state index < -0.39 is 0 Å². The van der Waals surface area contributed by atoms with Crippen molar-refractivity contribution < 1.29 is 5.11 Å². The van der Waals surface area contributed by atoms with Gasteiger partial charge in [-0.2, -0.15) is 5.10 Å². The van der Waals surface area contributed by atoms with Crippen molar-refractivity contribution in [2.24, 2.45) is 0 Å². The van der Waals surface area contributed by atoms with E-state index in [2.05, 4.69) is 36.8 Å². The van der Waals surface area contributed by atoms with Crippen molar-refractivity contribution in [2.45, 2.75) is 53.4 Å². The average molecular weight is 336 g/mol. The molecule has 2 rings (SSSR count). The van der Waals surface area contributed by atoms with Crippen LogP contribution in [-0.2, 0) is 19.6 Å². The number of aryl methyl sites for hydroxylation is 1. The topological polar surface area (TPSA) is 41.3 Å². The maximum absolute atomic E-state index is 9.15. The van der Waals surface area contributed by atoms with Gasteiger partial charge in [-0.1, -0.05) is 23.7 Å². The third kappa shape index (κ3) is 4.56. The molecule has 0 unspecified atom stereocenters. The molecule has 1 aromatic heterocycles. The molecule has 4 nitrogen and oxygen atoms in total. The number of benzene rings is 1. The fourth-order valence-corrected chi connectivity index (χ4v) is 2.98. The second-order valence-electron chi connectivity index (χ2n) is 6.22. The Hall–Kier alpha value is -1.36. The Balaban J connectivity index is 2.20. The lowest BCUT2D eigenvalue weighted by Crippen LogP contribution is -2.30. The van der Waals surface area contributed by atoms with E-state index in [9.17, 15) is 0 Å². The van der Waals surface area contributed by atoms with Crippen LogP contribution in [-0.4, -0.2) is 32.4 Å². The molecule has 1 heterocycles. The number of hydrogen-bond acceptors (Lipinski definition) is 3. The lowest BCUT2D eigenvalue weighted by atomic mass is 10.1. The third-order valence-electron chi connectivity index (χ3n) is 4.21. The van der Waals surface area contributed by atoms with Crippen LogP contribution in [0.25, 0.3) is 0 Å². The summed E-state index contributed by atoms with van der Waals surface area (Å²) in [4.78, 5) is 2.41. The van der Waals surface area contributed by atoms with Gasteiger partial charge in [0.05, 0.1) is 18.8 Å². The van der Waals surface area contributed by atoms with Gasteiger partial charge in [-0.15, -0.1) is 0 Å². The van der Waals surface area contributed by atoms with Crippen molar-refractivity contribution in [2.75, 3.05) is 6.61 Å². The number of aromatic nitrogens is 2. The lowest BCUT2D eigenvalue weighted by Gasteiger charge is -2.27. The smallest absolute Gasteiger partial charge is 0.0644 e. The number of hydrogen-bond donors (Lipinski definition) is 1. The fraction of sp³-hybridized carbons (Fsp3) is 0.500. The van der Waals surface area contributed by atoms with Crippen LogP contribution < -0.4 is 0 Å². The molecule has 0 radical (unpaired) electrons. The van der Waals surface area contributed by atoms with Gasteiger partial charge in [0, 0.05) is 35.4 Å². The summed E-state index contributed by atoms with van der Waals surface area (Å²) < 4.78 is 1.89. The number of rotatable bonds is 7. The van der Waals surface area contributed by atoms with E-state index in [0.717, 1.165) is 29.5 Å². The van der Waals surface area contributed by atoms with Gasteiger partial charge < -0.3 is 5.11 Å². The first-order chi connectivity index (χ1) is 10.9. The molecule has 0 atom stereocenters. The summed E-state index contributed by atoms with van der Waals surface area (Å²) in [5, 5.41) is 14.5. The van der Waals surface area contributed by atoms with Crippen LogP contribution in [0.5, 0.6) is 0 Å². The summed E-state index contributed by atoms with van der Waals surface area (Å²) in [6, 6.07) is 8.43. The minimum atomic E-state index is 0.109. The highest BCUT2D eigenvalue weighted by Gasteiger charge is 2.17. The van der Waals surface area contributed by atoms with Crippen LogP contribution in [0.3, 0.4) is 0 Å². The summed E-state index contributed by atoms with van der Waals surface area (Å²) in [5.74, 6) is 0. The molecule has 0 bridgehead atoms. The Labute approximate surface area is 143 Å². The number of nitrogens with zero attached hydrogens (tertiary/aromatic N) is 3. The Bertz CT molecular complexity index is 652. The van der Waals surface area contributed by atoms with Crippen molar-refractivity contribution >= 4 is 11.6 Å². The Morgan fingerprint density at radius 1 is 1.26 bits per heavy atom. The predicted octanol–water partition coefficient (Wildman–Crippen LogP) is 3.56. The molecule has 0 spiro atoms. The molecule has 126 valence electrons.